The van der Waals surface area contributed by atoms with Crippen LogP contribution in [0.4, 0.5) is 0 Å². The van der Waals surface area contributed by atoms with Gasteiger partial charge in [0.15, 0.2) is 0 Å². The maximum atomic E-state index is 3.96. The Bertz CT molecular complexity index is 2510. The first-order valence-electron chi connectivity index (χ1n) is 17.0. The Hall–Kier alpha value is -5.03. The molecule has 2 aliphatic carbocycles. The number of para-hydroxylation sites is 3. The third-order valence-corrected chi connectivity index (χ3v) is 12.0. The van der Waals surface area contributed by atoms with Crippen molar-refractivity contribution in [1.29, 1.82) is 0 Å². The highest BCUT2D eigenvalue weighted by Crippen LogP contribution is 2.48. The van der Waals surface area contributed by atoms with Crippen LogP contribution in [0, 0.1) is 5.92 Å². The van der Waals surface area contributed by atoms with Crippen LogP contribution in [0.2, 0.25) is 0 Å². The van der Waals surface area contributed by atoms with Crippen molar-refractivity contribution < 1.29 is 0 Å². The molecule has 0 bridgehead atoms. The van der Waals surface area contributed by atoms with E-state index in [-0.39, 0.29) is 6.04 Å². The molecule has 1 saturated heterocycles. The number of hydrogen-bond donors (Lipinski definition) is 1. The van der Waals surface area contributed by atoms with Crippen molar-refractivity contribution in [2.24, 2.45) is 5.92 Å². The highest BCUT2D eigenvalue weighted by Gasteiger charge is 2.37. The molecule has 1 N–H and O–H groups in total. The van der Waals surface area contributed by atoms with E-state index in [1.807, 2.05) is 11.8 Å². The third-order valence-electron chi connectivity index (χ3n) is 10.6. The topological polar surface area (TPSA) is 21.9 Å². The summed E-state index contributed by atoms with van der Waals surface area (Å²) in [5.41, 5.74) is 10.4. The first kappa shape index (κ1) is 28.0. The summed E-state index contributed by atoms with van der Waals surface area (Å²) in [6.07, 6.45) is 13.0. The molecule has 3 nitrogen and oxygen atoms in total. The minimum atomic E-state index is 0.209. The molecule has 4 atom stereocenters. The molecule has 1 aliphatic heterocycles. The van der Waals surface area contributed by atoms with Crippen LogP contribution in [-0.4, -0.2) is 15.2 Å². The quantitative estimate of drug-likeness (QED) is 0.207. The average molecular weight is 638 g/mol. The Morgan fingerprint density at radius 3 is 2.25 bits per heavy atom. The van der Waals surface area contributed by atoms with Gasteiger partial charge in [-0.25, -0.2) is 0 Å². The van der Waals surface area contributed by atoms with Crippen molar-refractivity contribution in [3.05, 3.63) is 173 Å². The lowest BCUT2D eigenvalue weighted by molar-refractivity contribution is 0.486. The zero-order valence-corrected chi connectivity index (χ0v) is 27.6. The van der Waals surface area contributed by atoms with Crippen LogP contribution in [0.25, 0.3) is 49.3 Å². The van der Waals surface area contributed by atoms with Gasteiger partial charge in [0, 0.05) is 49.6 Å². The molecule has 0 saturated carbocycles. The minimum Gasteiger partial charge on any atom is -0.333 e. The predicted molar refractivity (Wildman–Crippen MR) is 204 cm³/mol. The number of hydrogen-bond acceptors (Lipinski definition) is 2. The standard InChI is InChI=1S/C44H35N3S/c1-28-33(24-26-40-42(28)45-44(48-40)29-13-4-2-5-14-29)30-15-12-18-32(27-30)46-38-22-11-9-20-36(38)41-39(46)25-23-35-34-19-8-10-21-37(34)47(43(35)41)31-16-6-3-7-17-31/h2-17,19-28,32,42,44-45H,18H2,1H3. The lowest BCUT2D eigenvalue weighted by Crippen LogP contribution is -2.34. The van der Waals surface area contributed by atoms with Crippen LogP contribution in [0.5, 0.6) is 0 Å². The average Bonchev–Trinajstić information content (AvgIpc) is 3.83. The highest BCUT2D eigenvalue weighted by atomic mass is 32.2. The number of aromatic nitrogens is 2. The first-order valence-corrected chi connectivity index (χ1v) is 17.9. The third kappa shape index (κ3) is 4.19. The van der Waals surface area contributed by atoms with E-state index >= 15 is 0 Å². The van der Waals surface area contributed by atoms with Crippen molar-refractivity contribution >= 4 is 55.4 Å². The maximum Gasteiger partial charge on any atom is 0.0838 e. The fourth-order valence-corrected chi connectivity index (χ4v) is 9.80. The smallest absolute Gasteiger partial charge is 0.0838 e. The SMILES string of the molecule is CC1C(C2=CC(n3c4ccccc4c4c5c(ccc43)c3ccccc3n5-c3ccccc3)CC=C2)=CC=C2SC(c3ccccc3)NC21. The van der Waals surface area contributed by atoms with Gasteiger partial charge in [0.2, 0.25) is 0 Å². The largest absolute Gasteiger partial charge is 0.333 e. The fourth-order valence-electron chi connectivity index (χ4n) is 8.46. The van der Waals surface area contributed by atoms with E-state index in [1.165, 1.54) is 70.9 Å². The molecule has 5 aromatic carbocycles. The molecule has 0 spiro atoms. The van der Waals surface area contributed by atoms with Gasteiger partial charge in [-0.1, -0.05) is 128 Å². The van der Waals surface area contributed by atoms with E-state index in [2.05, 4.69) is 173 Å². The Labute approximate surface area is 284 Å². The van der Waals surface area contributed by atoms with Crippen LogP contribution in [0.3, 0.4) is 0 Å². The van der Waals surface area contributed by atoms with E-state index in [9.17, 15) is 0 Å². The molecule has 4 unspecified atom stereocenters. The van der Waals surface area contributed by atoms with Crippen molar-refractivity contribution in [3.63, 3.8) is 0 Å². The Kier molecular flexibility index (Phi) is 6.43. The molecule has 7 aromatic rings. The summed E-state index contributed by atoms with van der Waals surface area (Å²) < 4.78 is 5.07. The molecule has 48 heavy (non-hydrogen) atoms. The van der Waals surface area contributed by atoms with Gasteiger partial charge in [0.05, 0.1) is 28.0 Å². The van der Waals surface area contributed by atoms with Crippen molar-refractivity contribution in [1.82, 2.24) is 14.5 Å². The lowest BCUT2D eigenvalue weighted by atomic mass is 9.82. The van der Waals surface area contributed by atoms with Crippen molar-refractivity contribution in [2.45, 2.75) is 30.8 Å². The molecule has 3 heterocycles. The molecule has 3 aliphatic rings. The summed E-state index contributed by atoms with van der Waals surface area (Å²) in [6, 6.07) is 44.8. The number of benzene rings is 5. The Morgan fingerprint density at radius 1 is 0.688 bits per heavy atom. The number of rotatable bonds is 4. The van der Waals surface area contributed by atoms with E-state index in [0.29, 0.717) is 17.3 Å². The van der Waals surface area contributed by atoms with Crippen LogP contribution >= 0.6 is 11.8 Å². The van der Waals surface area contributed by atoms with Crippen molar-refractivity contribution in [2.75, 3.05) is 0 Å². The van der Waals surface area contributed by atoms with Gasteiger partial charge in [-0.15, -0.1) is 11.8 Å². The summed E-state index contributed by atoms with van der Waals surface area (Å²) in [4.78, 5) is 1.44. The first-order chi connectivity index (χ1) is 23.7. The summed E-state index contributed by atoms with van der Waals surface area (Å²) in [7, 11) is 0. The normalized spacial score (nSPS) is 22.3. The molecule has 0 amide bonds. The van der Waals surface area contributed by atoms with Crippen LogP contribution in [-0.2, 0) is 0 Å². The van der Waals surface area contributed by atoms with E-state index < -0.39 is 0 Å². The Balaban J connectivity index is 1.11. The Morgan fingerprint density at radius 2 is 1.42 bits per heavy atom. The molecular formula is C44H35N3S. The number of nitrogens with one attached hydrogen (secondary N) is 1. The number of nitrogens with zero attached hydrogens (tertiary/aromatic N) is 2. The summed E-state index contributed by atoms with van der Waals surface area (Å²) in [6.45, 7) is 2.39. The monoisotopic (exact) mass is 637 g/mol. The molecule has 232 valence electrons. The van der Waals surface area contributed by atoms with Gasteiger partial charge in [-0.2, -0.15) is 0 Å². The van der Waals surface area contributed by atoms with Crippen LogP contribution in [0.15, 0.2) is 168 Å². The van der Waals surface area contributed by atoms with Crippen LogP contribution < -0.4 is 5.32 Å². The van der Waals surface area contributed by atoms with Crippen LogP contribution in [0.1, 0.15) is 30.3 Å². The highest BCUT2D eigenvalue weighted by molar-refractivity contribution is 8.03. The number of fused-ring (bicyclic) bond motifs is 8. The number of thioether (sulfide) groups is 1. The lowest BCUT2D eigenvalue weighted by Gasteiger charge is -2.30. The second kappa shape index (κ2) is 11.0. The number of allylic oxidation sites excluding steroid dienone is 6. The molecule has 0 radical (unpaired) electrons. The molecule has 10 rings (SSSR count). The van der Waals surface area contributed by atoms with E-state index in [1.54, 1.807) is 0 Å². The second-order valence-corrected chi connectivity index (χ2v) is 14.5. The second-order valence-electron chi connectivity index (χ2n) is 13.3. The van der Waals surface area contributed by atoms with Gasteiger partial charge < -0.3 is 9.13 Å². The fraction of sp³-hybridized carbons (Fsp3) is 0.136. The minimum absolute atomic E-state index is 0.209. The molecule has 4 heteroatoms. The van der Waals surface area contributed by atoms with Gasteiger partial charge in [0.1, 0.15) is 0 Å². The maximum absolute atomic E-state index is 3.96. The van der Waals surface area contributed by atoms with Gasteiger partial charge in [-0.3, -0.25) is 5.32 Å². The summed E-state index contributed by atoms with van der Waals surface area (Å²) >= 11 is 1.97. The summed E-state index contributed by atoms with van der Waals surface area (Å²) in [5, 5.41) is 9.46. The molecular weight excluding hydrogens is 603 g/mol. The molecule has 1 fully saturated rings. The predicted octanol–water partition coefficient (Wildman–Crippen LogP) is 11.2. The zero-order valence-electron chi connectivity index (χ0n) is 26.8. The summed E-state index contributed by atoms with van der Waals surface area (Å²) in [5.74, 6) is 0.375. The van der Waals surface area contributed by atoms with E-state index in [4.69, 9.17) is 0 Å². The molecule has 2 aromatic heterocycles. The van der Waals surface area contributed by atoms with E-state index in [0.717, 1.165) is 6.42 Å². The van der Waals surface area contributed by atoms with Crippen molar-refractivity contribution in [3.8, 4) is 5.69 Å². The zero-order chi connectivity index (χ0) is 31.8. The van der Waals surface area contributed by atoms with Gasteiger partial charge in [0.25, 0.3) is 0 Å². The van der Waals surface area contributed by atoms with Gasteiger partial charge in [-0.05, 0) is 53.5 Å². The van der Waals surface area contributed by atoms with Gasteiger partial charge >= 0.3 is 0 Å².